The van der Waals surface area contributed by atoms with Crippen molar-refractivity contribution in [3.05, 3.63) is 0 Å². The highest BCUT2D eigenvalue weighted by Gasteiger charge is 2.49. The van der Waals surface area contributed by atoms with E-state index in [1.807, 2.05) is 0 Å². The van der Waals surface area contributed by atoms with E-state index in [1.54, 1.807) is 0 Å². The number of carbonyl (C=O) groups is 1. The standard InChI is InChI=1S/C11H18N2OS/c14-10-9-2-1-5-13(9)11(8-12-10)3-6-15-7-4-11/h9H,1-8H2,(H,12,14)/t9-/m0/s1. The Morgan fingerprint density at radius 3 is 3.00 bits per heavy atom. The lowest BCUT2D eigenvalue weighted by Gasteiger charge is -2.50. The Balaban J connectivity index is 1.86. The van der Waals surface area contributed by atoms with E-state index < -0.39 is 0 Å². The fourth-order valence-electron chi connectivity index (χ4n) is 3.29. The van der Waals surface area contributed by atoms with Crippen molar-refractivity contribution in [1.82, 2.24) is 10.2 Å². The molecule has 3 heterocycles. The quantitative estimate of drug-likeness (QED) is 0.664. The summed E-state index contributed by atoms with van der Waals surface area (Å²) in [5.74, 6) is 2.80. The van der Waals surface area contributed by atoms with Gasteiger partial charge in [-0.2, -0.15) is 11.8 Å². The monoisotopic (exact) mass is 226 g/mol. The number of rotatable bonds is 0. The zero-order valence-electron chi connectivity index (χ0n) is 9.00. The van der Waals surface area contributed by atoms with E-state index in [1.165, 1.54) is 30.8 Å². The normalized spacial score (nSPS) is 35.2. The second-order valence-electron chi connectivity index (χ2n) is 4.91. The molecule has 84 valence electrons. The Morgan fingerprint density at radius 2 is 2.20 bits per heavy atom. The summed E-state index contributed by atoms with van der Waals surface area (Å²) in [4.78, 5) is 14.3. The van der Waals surface area contributed by atoms with Gasteiger partial charge in [-0.05, 0) is 43.7 Å². The van der Waals surface area contributed by atoms with Crippen LogP contribution in [0.3, 0.4) is 0 Å². The summed E-state index contributed by atoms with van der Waals surface area (Å²) in [6.45, 7) is 2.03. The zero-order valence-corrected chi connectivity index (χ0v) is 9.81. The fraction of sp³-hybridized carbons (Fsp3) is 0.909. The maximum atomic E-state index is 11.7. The third kappa shape index (κ3) is 1.49. The third-order valence-electron chi connectivity index (χ3n) is 4.18. The van der Waals surface area contributed by atoms with Crippen LogP contribution in [0.25, 0.3) is 0 Å². The summed E-state index contributed by atoms with van der Waals surface area (Å²) in [5, 5.41) is 3.12. The van der Waals surface area contributed by atoms with Crippen molar-refractivity contribution in [3.63, 3.8) is 0 Å². The van der Waals surface area contributed by atoms with Crippen LogP contribution in [0.2, 0.25) is 0 Å². The van der Waals surface area contributed by atoms with E-state index in [0.29, 0.717) is 5.54 Å². The van der Waals surface area contributed by atoms with E-state index in [9.17, 15) is 4.79 Å². The molecule has 3 aliphatic heterocycles. The number of piperazine rings is 1. The van der Waals surface area contributed by atoms with Crippen molar-refractivity contribution >= 4 is 17.7 Å². The Hall–Kier alpha value is -0.220. The Morgan fingerprint density at radius 1 is 1.40 bits per heavy atom. The predicted octanol–water partition coefficient (Wildman–Crippen LogP) is 0.846. The second kappa shape index (κ2) is 3.67. The number of amides is 1. The van der Waals surface area contributed by atoms with Gasteiger partial charge in [0.2, 0.25) is 5.91 Å². The fourth-order valence-corrected chi connectivity index (χ4v) is 4.55. The van der Waals surface area contributed by atoms with Gasteiger partial charge in [-0.3, -0.25) is 9.69 Å². The number of hydrogen-bond donors (Lipinski definition) is 1. The number of hydrogen-bond acceptors (Lipinski definition) is 3. The van der Waals surface area contributed by atoms with Gasteiger partial charge in [-0.1, -0.05) is 0 Å². The lowest BCUT2D eigenvalue weighted by atomic mass is 9.87. The molecule has 0 aliphatic carbocycles. The SMILES string of the molecule is O=C1NCC2(CCSCC2)N2CCC[C@@H]12. The summed E-state index contributed by atoms with van der Waals surface area (Å²) in [6.07, 6.45) is 4.79. The smallest absolute Gasteiger partial charge is 0.237 e. The Kier molecular flexibility index (Phi) is 2.44. The van der Waals surface area contributed by atoms with Crippen molar-refractivity contribution in [1.29, 1.82) is 0 Å². The molecule has 1 atom stereocenters. The number of carbonyl (C=O) groups excluding carboxylic acids is 1. The molecule has 0 saturated carbocycles. The van der Waals surface area contributed by atoms with Gasteiger partial charge in [-0.15, -0.1) is 0 Å². The molecule has 3 nitrogen and oxygen atoms in total. The molecule has 1 N–H and O–H groups in total. The first-order chi connectivity index (χ1) is 7.32. The van der Waals surface area contributed by atoms with Gasteiger partial charge in [0.25, 0.3) is 0 Å². The summed E-state index contributed by atoms with van der Waals surface area (Å²) >= 11 is 2.06. The van der Waals surface area contributed by atoms with Gasteiger partial charge in [-0.25, -0.2) is 0 Å². The molecular formula is C11H18N2OS. The number of fused-ring (bicyclic) bond motifs is 2. The first kappa shape index (κ1) is 9.97. The molecule has 0 radical (unpaired) electrons. The van der Waals surface area contributed by atoms with Gasteiger partial charge < -0.3 is 5.32 Å². The highest BCUT2D eigenvalue weighted by atomic mass is 32.2. The van der Waals surface area contributed by atoms with Crippen LogP contribution in [0.15, 0.2) is 0 Å². The van der Waals surface area contributed by atoms with Gasteiger partial charge in [0.05, 0.1) is 6.04 Å². The van der Waals surface area contributed by atoms with E-state index in [4.69, 9.17) is 0 Å². The molecular weight excluding hydrogens is 208 g/mol. The summed E-state index contributed by atoms with van der Waals surface area (Å²) < 4.78 is 0. The van der Waals surface area contributed by atoms with Crippen molar-refractivity contribution < 1.29 is 4.79 Å². The lowest BCUT2D eigenvalue weighted by Crippen LogP contribution is -2.66. The van der Waals surface area contributed by atoms with Crippen LogP contribution in [-0.4, -0.2) is 47.0 Å². The average molecular weight is 226 g/mol. The summed E-state index contributed by atoms with van der Waals surface area (Å²) in [5.41, 5.74) is 0.320. The molecule has 1 amide bonds. The van der Waals surface area contributed by atoms with Gasteiger partial charge in [0.1, 0.15) is 0 Å². The van der Waals surface area contributed by atoms with Crippen LogP contribution in [0.1, 0.15) is 25.7 Å². The van der Waals surface area contributed by atoms with E-state index in [0.717, 1.165) is 19.5 Å². The molecule has 15 heavy (non-hydrogen) atoms. The minimum absolute atomic E-state index is 0.196. The third-order valence-corrected chi connectivity index (χ3v) is 5.17. The van der Waals surface area contributed by atoms with Crippen LogP contribution in [0.4, 0.5) is 0 Å². The molecule has 3 fully saturated rings. The minimum Gasteiger partial charge on any atom is -0.353 e. The first-order valence-electron chi connectivity index (χ1n) is 5.94. The maximum Gasteiger partial charge on any atom is 0.237 e. The van der Waals surface area contributed by atoms with Crippen molar-refractivity contribution in [2.24, 2.45) is 0 Å². The van der Waals surface area contributed by atoms with E-state index in [2.05, 4.69) is 22.0 Å². The van der Waals surface area contributed by atoms with Gasteiger partial charge in [0, 0.05) is 12.1 Å². The van der Waals surface area contributed by atoms with Crippen LogP contribution in [-0.2, 0) is 4.79 Å². The number of nitrogens with one attached hydrogen (secondary N) is 1. The van der Waals surface area contributed by atoms with Crippen molar-refractivity contribution in [2.75, 3.05) is 24.6 Å². The first-order valence-corrected chi connectivity index (χ1v) is 7.10. The predicted molar refractivity (Wildman–Crippen MR) is 62.0 cm³/mol. The second-order valence-corrected chi connectivity index (χ2v) is 6.13. The largest absolute Gasteiger partial charge is 0.353 e. The highest BCUT2D eigenvalue weighted by Crippen LogP contribution is 2.38. The summed E-state index contributed by atoms with van der Waals surface area (Å²) in [7, 11) is 0. The maximum absolute atomic E-state index is 11.7. The minimum atomic E-state index is 0.196. The molecule has 3 saturated heterocycles. The molecule has 0 unspecified atom stereocenters. The number of nitrogens with zero attached hydrogens (tertiary/aromatic N) is 1. The molecule has 0 aromatic carbocycles. The van der Waals surface area contributed by atoms with Crippen molar-refractivity contribution in [3.8, 4) is 0 Å². The zero-order chi connectivity index (χ0) is 10.3. The van der Waals surface area contributed by atoms with Crippen LogP contribution < -0.4 is 5.32 Å². The van der Waals surface area contributed by atoms with Crippen LogP contribution >= 0.6 is 11.8 Å². The molecule has 3 aliphatic rings. The van der Waals surface area contributed by atoms with Crippen LogP contribution in [0, 0.1) is 0 Å². The highest BCUT2D eigenvalue weighted by molar-refractivity contribution is 7.99. The summed E-state index contributed by atoms with van der Waals surface area (Å²) in [6, 6.07) is 0.196. The topological polar surface area (TPSA) is 32.3 Å². The molecule has 3 rings (SSSR count). The lowest BCUT2D eigenvalue weighted by molar-refractivity contribution is -0.133. The molecule has 1 spiro atoms. The van der Waals surface area contributed by atoms with Crippen molar-refractivity contribution in [2.45, 2.75) is 37.3 Å². The van der Waals surface area contributed by atoms with E-state index >= 15 is 0 Å². The van der Waals surface area contributed by atoms with E-state index in [-0.39, 0.29) is 11.9 Å². The Labute approximate surface area is 95.0 Å². The van der Waals surface area contributed by atoms with Crippen LogP contribution in [0.5, 0.6) is 0 Å². The molecule has 0 aromatic heterocycles. The van der Waals surface area contributed by atoms with Gasteiger partial charge in [0.15, 0.2) is 0 Å². The number of thioether (sulfide) groups is 1. The Bertz CT molecular complexity index is 276. The van der Waals surface area contributed by atoms with Gasteiger partial charge >= 0.3 is 0 Å². The molecule has 0 bridgehead atoms. The molecule has 4 heteroatoms. The molecule has 0 aromatic rings. The average Bonchev–Trinajstić information content (AvgIpc) is 2.76.